The van der Waals surface area contributed by atoms with Gasteiger partial charge >= 0.3 is 0 Å². The quantitative estimate of drug-likeness (QED) is 0.749. The predicted octanol–water partition coefficient (Wildman–Crippen LogP) is 2.40. The lowest BCUT2D eigenvalue weighted by Crippen LogP contribution is -2.20. The molecule has 0 saturated heterocycles. The molecule has 0 aliphatic carbocycles. The van der Waals surface area contributed by atoms with Gasteiger partial charge in [0.2, 0.25) is 0 Å². The van der Waals surface area contributed by atoms with E-state index < -0.39 is 0 Å². The third-order valence-electron chi connectivity index (χ3n) is 3.97. The van der Waals surface area contributed by atoms with Crippen LogP contribution in [0.5, 0.6) is 0 Å². The highest BCUT2D eigenvalue weighted by Crippen LogP contribution is 2.29. The molecule has 0 atom stereocenters. The summed E-state index contributed by atoms with van der Waals surface area (Å²) in [4.78, 5) is 23.1. The number of nitrogens with one attached hydrogen (secondary N) is 1. The minimum absolute atomic E-state index is 0.120. The molecular weight excluding hydrogens is 304 g/mol. The molecule has 6 heteroatoms. The first-order chi connectivity index (χ1) is 11.6. The highest BCUT2D eigenvalue weighted by atomic mass is 16.1. The van der Waals surface area contributed by atoms with Gasteiger partial charge in [0.15, 0.2) is 6.29 Å². The normalized spacial score (nSPS) is 10.6. The maximum absolute atomic E-state index is 11.9. The van der Waals surface area contributed by atoms with E-state index in [2.05, 4.69) is 5.32 Å². The van der Waals surface area contributed by atoms with Crippen LogP contribution in [0.15, 0.2) is 47.4 Å². The number of nitrogens with zero attached hydrogens (tertiary/aromatic N) is 3. The fraction of sp³-hybridized carbons (Fsp3) is 0.167. The van der Waals surface area contributed by atoms with E-state index in [1.54, 1.807) is 19.3 Å². The fourth-order valence-electron chi connectivity index (χ4n) is 2.77. The third-order valence-corrected chi connectivity index (χ3v) is 3.97. The number of para-hydroxylation sites is 1. The molecule has 0 spiro atoms. The van der Waals surface area contributed by atoms with Gasteiger partial charge in [-0.3, -0.25) is 9.59 Å². The van der Waals surface area contributed by atoms with Gasteiger partial charge in [0.1, 0.15) is 5.82 Å². The Labute approximate surface area is 139 Å². The van der Waals surface area contributed by atoms with Crippen molar-refractivity contribution in [3.05, 3.63) is 64.1 Å². The van der Waals surface area contributed by atoms with E-state index in [9.17, 15) is 9.59 Å². The summed E-state index contributed by atoms with van der Waals surface area (Å²) in [6.45, 7) is 1.96. The first kappa shape index (κ1) is 15.7. The Morgan fingerprint density at radius 3 is 2.54 bits per heavy atom. The number of aryl methyl sites for hydroxylation is 1. The molecule has 1 aromatic carbocycles. The van der Waals surface area contributed by atoms with Crippen LogP contribution in [0, 0.1) is 6.92 Å². The van der Waals surface area contributed by atoms with Crippen LogP contribution < -0.4 is 10.9 Å². The Morgan fingerprint density at radius 2 is 1.92 bits per heavy atom. The summed E-state index contributed by atoms with van der Waals surface area (Å²) in [5, 5.41) is 7.86. The average Bonchev–Trinajstić information content (AvgIpc) is 2.94. The van der Waals surface area contributed by atoms with E-state index in [4.69, 9.17) is 5.10 Å². The van der Waals surface area contributed by atoms with Gasteiger partial charge in [-0.2, -0.15) is 5.10 Å². The molecule has 0 unspecified atom stereocenters. The number of aldehydes is 1. The second-order valence-electron chi connectivity index (χ2n) is 5.54. The molecule has 0 bridgehead atoms. The summed E-state index contributed by atoms with van der Waals surface area (Å²) in [7, 11) is 3.46. The minimum Gasteiger partial charge on any atom is -0.373 e. The number of carbonyl (C=O) groups is 1. The SMILES string of the molecule is CNc1c(C)c(-c2cc(C=O)c(=O)n(C)c2)nn1-c1ccccc1. The summed E-state index contributed by atoms with van der Waals surface area (Å²) < 4.78 is 3.22. The van der Waals surface area contributed by atoms with Crippen molar-refractivity contribution in [1.29, 1.82) is 0 Å². The molecule has 122 valence electrons. The topological polar surface area (TPSA) is 68.9 Å². The highest BCUT2D eigenvalue weighted by Gasteiger charge is 2.17. The Hall–Kier alpha value is -3.15. The highest BCUT2D eigenvalue weighted by molar-refractivity contribution is 5.79. The van der Waals surface area contributed by atoms with Gasteiger partial charge in [0.05, 0.1) is 16.9 Å². The van der Waals surface area contributed by atoms with Gasteiger partial charge < -0.3 is 9.88 Å². The smallest absolute Gasteiger partial charge is 0.260 e. The maximum Gasteiger partial charge on any atom is 0.260 e. The number of aromatic nitrogens is 3. The molecule has 3 aromatic rings. The predicted molar refractivity (Wildman–Crippen MR) is 93.9 cm³/mol. The molecule has 0 aliphatic rings. The Balaban J connectivity index is 2.24. The molecule has 0 amide bonds. The number of pyridine rings is 1. The van der Waals surface area contributed by atoms with Crippen LogP contribution in [-0.4, -0.2) is 27.7 Å². The van der Waals surface area contributed by atoms with E-state index in [1.807, 2.05) is 49.0 Å². The summed E-state index contributed by atoms with van der Waals surface area (Å²) in [5.41, 5.74) is 3.12. The molecular formula is C18H18N4O2. The van der Waals surface area contributed by atoms with Gasteiger partial charge in [-0.15, -0.1) is 0 Å². The lowest BCUT2D eigenvalue weighted by molar-refractivity contribution is 0.112. The molecule has 0 aliphatic heterocycles. The van der Waals surface area contributed by atoms with Gasteiger partial charge in [-0.05, 0) is 25.1 Å². The van der Waals surface area contributed by atoms with Crippen LogP contribution >= 0.6 is 0 Å². The maximum atomic E-state index is 11.9. The van der Waals surface area contributed by atoms with E-state index in [0.717, 1.165) is 28.3 Å². The number of rotatable bonds is 4. The molecule has 0 radical (unpaired) electrons. The van der Waals surface area contributed by atoms with Crippen LogP contribution in [0.2, 0.25) is 0 Å². The van der Waals surface area contributed by atoms with Crippen molar-refractivity contribution in [1.82, 2.24) is 14.3 Å². The molecule has 2 heterocycles. The largest absolute Gasteiger partial charge is 0.373 e. The summed E-state index contributed by atoms with van der Waals surface area (Å²) >= 11 is 0. The second-order valence-corrected chi connectivity index (χ2v) is 5.54. The van der Waals surface area contributed by atoms with E-state index in [1.165, 1.54) is 4.57 Å². The number of benzene rings is 1. The molecule has 2 aromatic heterocycles. The van der Waals surface area contributed by atoms with Crippen molar-refractivity contribution in [3.63, 3.8) is 0 Å². The van der Waals surface area contributed by atoms with Crippen molar-refractivity contribution < 1.29 is 4.79 Å². The number of carbonyl (C=O) groups excluding carboxylic acids is 1. The zero-order valence-corrected chi connectivity index (χ0v) is 13.8. The van der Waals surface area contributed by atoms with Crippen LogP contribution in [0.25, 0.3) is 16.9 Å². The van der Waals surface area contributed by atoms with Gasteiger partial charge in [-0.25, -0.2) is 4.68 Å². The van der Waals surface area contributed by atoms with E-state index >= 15 is 0 Å². The van der Waals surface area contributed by atoms with Crippen molar-refractivity contribution in [3.8, 4) is 16.9 Å². The second kappa shape index (κ2) is 6.16. The average molecular weight is 322 g/mol. The molecule has 6 nitrogen and oxygen atoms in total. The number of hydrogen-bond acceptors (Lipinski definition) is 4. The molecule has 1 N–H and O–H groups in total. The van der Waals surface area contributed by atoms with E-state index in [-0.39, 0.29) is 11.1 Å². The van der Waals surface area contributed by atoms with Crippen LogP contribution in [0.4, 0.5) is 5.82 Å². The fourth-order valence-corrected chi connectivity index (χ4v) is 2.77. The van der Waals surface area contributed by atoms with Gasteiger partial charge in [0.25, 0.3) is 5.56 Å². The van der Waals surface area contributed by atoms with Crippen molar-refractivity contribution in [2.75, 3.05) is 12.4 Å². The zero-order valence-electron chi connectivity index (χ0n) is 13.8. The Bertz CT molecular complexity index is 955. The van der Waals surface area contributed by atoms with Gasteiger partial charge in [0, 0.05) is 31.4 Å². The standard InChI is InChI=1S/C18H18N4O2/c1-12-16(13-9-14(11-23)18(24)21(3)10-13)20-22(17(12)19-2)15-7-5-4-6-8-15/h4-11,19H,1-3H3. The van der Waals surface area contributed by atoms with Crippen molar-refractivity contribution >= 4 is 12.1 Å². The Kier molecular flexibility index (Phi) is 4.04. The minimum atomic E-state index is -0.317. The van der Waals surface area contributed by atoms with Crippen LogP contribution in [-0.2, 0) is 7.05 Å². The van der Waals surface area contributed by atoms with E-state index in [0.29, 0.717) is 6.29 Å². The molecule has 0 saturated carbocycles. The number of hydrogen-bond donors (Lipinski definition) is 1. The monoisotopic (exact) mass is 322 g/mol. The lowest BCUT2D eigenvalue weighted by atomic mass is 10.1. The van der Waals surface area contributed by atoms with Crippen molar-refractivity contribution in [2.45, 2.75) is 6.92 Å². The summed E-state index contributed by atoms with van der Waals surface area (Å²) in [5.74, 6) is 0.859. The number of anilines is 1. The lowest BCUT2D eigenvalue weighted by Gasteiger charge is -2.06. The first-order valence-corrected chi connectivity index (χ1v) is 7.56. The molecule has 0 fully saturated rings. The third kappa shape index (κ3) is 2.52. The van der Waals surface area contributed by atoms with Crippen molar-refractivity contribution in [2.24, 2.45) is 7.05 Å². The molecule has 3 rings (SSSR count). The van der Waals surface area contributed by atoms with Crippen LogP contribution in [0.3, 0.4) is 0 Å². The zero-order chi connectivity index (χ0) is 17.3. The summed E-state index contributed by atoms with van der Waals surface area (Å²) in [6.07, 6.45) is 2.27. The van der Waals surface area contributed by atoms with Crippen LogP contribution in [0.1, 0.15) is 15.9 Å². The first-order valence-electron chi connectivity index (χ1n) is 7.56. The van der Waals surface area contributed by atoms with Gasteiger partial charge in [-0.1, -0.05) is 18.2 Å². The summed E-state index contributed by atoms with van der Waals surface area (Å²) in [6, 6.07) is 11.4. The molecule has 24 heavy (non-hydrogen) atoms. The Morgan fingerprint density at radius 1 is 1.21 bits per heavy atom.